The molecule has 3 rings (SSSR count). The fraction of sp³-hybridized carbons (Fsp3) is 0.222. The van der Waals surface area contributed by atoms with Crippen LogP contribution in [0.3, 0.4) is 0 Å². The zero-order chi connectivity index (χ0) is 15.7. The van der Waals surface area contributed by atoms with E-state index in [9.17, 15) is 9.59 Å². The number of aryl methyl sites for hydroxylation is 2. The van der Waals surface area contributed by atoms with Crippen molar-refractivity contribution in [3.05, 3.63) is 59.2 Å². The lowest BCUT2D eigenvalue weighted by atomic mass is 10.1. The molecule has 112 valence electrons. The zero-order valence-corrected chi connectivity index (χ0v) is 12.6. The molecule has 0 fully saturated rings. The van der Waals surface area contributed by atoms with Crippen molar-refractivity contribution in [2.75, 3.05) is 18.1 Å². The van der Waals surface area contributed by atoms with Crippen molar-refractivity contribution in [2.45, 2.75) is 13.8 Å². The first-order valence-electron chi connectivity index (χ1n) is 7.23. The summed E-state index contributed by atoms with van der Waals surface area (Å²) in [5.41, 5.74) is 3.51. The average Bonchev–Trinajstić information content (AvgIpc) is 2.76. The predicted octanol–water partition coefficient (Wildman–Crippen LogP) is 2.91. The van der Waals surface area contributed by atoms with Crippen molar-refractivity contribution in [1.29, 1.82) is 0 Å². The van der Waals surface area contributed by atoms with Crippen LogP contribution in [0.25, 0.3) is 0 Å². The second-order valence-electron chi connectivity index (χ2n) is 5.40. The average molecular weight is 295 g/mol. The highest BCUT2D eigenvalue weighted by Gasteiger charge is 2.34. The van der Waals surface area contributed by atoms with Crippen LogP contribution in [0, 0.1) is 13.8 Å². The molecule has 1 aliphatic rings. The van der Waals surface area contributed by atoms with Crippen LogP contribution < -0.4 is 9.64 Å². The number of rotatable bonds is 4. The summed E-state index contributed by atoms with van der Waals surface area (Å²) in [7, 11) is 0. The third-order valence-electron chi connectivity index (χ3n) is 3.94. The Morgan fingerprint density at radius 1 is 1.00 bits per heavy atom. The van der Waals surface area contributed by atoms with E-state index in [0.29, 0.717) is 24.4 Å². The largest absolute Gasteiger partial charge is 0.492 e. The molecule has 4 heteroatoms. The monoisotopic (exact) mass is 295 g/mol. The van der Waals surface area contributed by atoms with Crippen molar-refractivity contribution < 1.29 is 14.3 Å². The van der Waals surface area contributed by atoms with Gasteiger partial charge in [-0.3, -0.25) is 9.59 Å². The molecule has 0 aliphatic carbocycles. The maximum absolute atomic E-state index is 12.0. The van der Waals surface area contributed by atoms with Crippen molar-refractivity contribution in [3.63, 3.8) is 0 Å². The van der Waals surface area contributed by atoms with Crippen LogP contribution in [0.5, 0.6) is 5.75 Å². The maximum atomic E-state index is 12.0. The van der Waals surface area contributed by atoms with Crippen molar-refractivity contribution >= 4 is 17.4 Å². The summed E-state index contributed by atoms with van der Waals surface area (Å²) < 4.78 is 5.70. The number of para-hydroxylation sites is 1. The Bertz CT molecular complexity index is 752. The van der Waals surface area contributed by atoms with Gasteiger partial charge < -0.3 is 9.64 Å². The number of Topliss-reactive ketones (excluding diaryl/α,β-unsaturated/α-hetero) is 1. The van der Waals surface area contributed by atoms with Gasteiger partial charge in [-0.2, -0.15) is 0 Å². The molecule has 0 unspecified atom stereocenters. The maximum Gasteiger partial charge on any atom is 0.299 e. The van der Waals surface area contributed by atoms with E-state index >= 15 is 0 Å². The zero-order valence-electron chi connectivity index (χ0n) is 12.6. The van der Waals surface area contributed by atoms with E-state index in [4.69, 9.17) is 4.74 Å². The van der Waals surface area contributed by atoms with Gasteiger partial charge in [-0.05, 0) is 49.2 Å². The molecule has 2 aromatic rings. The van der Waals surface area contributed by atoms with Crippen molar-refractivity contribution in [3.8, 4) is 5.75 Å². The third-order valence-corrected chi connectivity index (χ3v) is 3.94. The lowest BCUT2D eigenvalue weighted by molar-refractivity contribution is -0.114. The number of amides is 1. The van der Waals surface area contributed by atoms with Gasteiger partial charge >= 0.3 is 0 Å². The van der Waals surface area contributed by atoms with Gasteiger partial charge in [0.25, 0.3) is 11.7 Å². The lowest BCUT2D eigenvalue weighted by Crippen LogP contribution is -2.33. The molecule has 1 amide bonds. The number of benzene rings is 2. The van der Waals surface area contributed by atoms with E-state index < -0.39 is 11.7 Å². The first-order chi connectivity index (χ1) is 10.6. The van der Waals surface area contributed by atoms with Gasteiger partial charge in [-0.15, -0.1) is 0 Å². The van der Waals surface area contributed by atoms with Crippen molar-refractivity contribution in [1.82, 2.24) is 0 Å². The molecule has 1 heterocycles. The lowest BCUT2D eigenvalue weighted by Gasteiger charge is -2.17. The number of hydrogen-bond donors (Lipinski definition) is 0. The fourth-order valence-electron chi connectivity index (χ4n) is 2.53. The number of ketones is 1. The number of carbonyl (C=O) groups is 2. The second-order valence-corrected chi connectivity index (χ2v) is 5.40. The summed E-state index contributed by atoms with van der Waals surface area (Å²) in [6.07, 6.45) is 0. The van der Waals surface area contributed by atoms with Crippen LogP contribution >= 0.6 is 0 Å². The van der Waals surface area contributed by atoms with Crippen LogP contribution in [0.4, 0.5) is 5.69 Å². The highest BCUT2D eigenvalue weighted by Crippen LogP contribution is 2.28. The Kier molecular flexibility index (Phi) is 3.67. The highest BCUT2D eigenvalue weighted by atomic mass is 16.5. The van der Waals surface area contributed by atoms with Gasteiger partial charge in [0.05, 0.1) is 17.8 Å². The Labute approximate surface area is 129 Å². The van der Waals surface area contributed by atoms with Crippen LogP contribution in [-0.2, 0) is 4.79 Å². The molecule has 0 spiro atoms. The van der Waals surface area contributed by atoms with Crippen LogP contribution in [0.2, 0.25) is 0 Å². The Hall–Kier alpha value is -2.62. The van der Waals surface area contributed by atoms with Gasteiger partial charge in [0, 0.05) is 0 Å². The van der Waals surface area contributed by atoms with E-state index in [-0.39, 0.29) is 0 Å². The molecule has 0 bridgehead atoms. The van der Waals surface area contributed by atoms with Gasteiger partial charge in [-0.1, -0.05) is 18.2 Å². The van der Waals surface area contributed by atoms with E-state index in [1.165, 1.54) is 10.5 Å². The second kappa shape index (κ2) is 5.64. The molecule has 22 heavy (non-hydrogen) atoms. The minimum atomic E-state index is -0.482. The molecule has 0 saturated carbocycles. The van der Waals surface area contributed by atoms with Gasteiger partial charge in [-0.25, -0.2) is 0 Å². The van der Waals surface area contributed by atoms with Crippen LogP contribution in [-0.4, -0.2) is 24.8 Å². The third kappa shape index (κ3) is 2.48. The first-order valence-corrected chi connectivity index (χ1v) is 7.23. The summed E-state index contributed by atoms with van der Waals surface area (Å²) in [5.74, 6) is -0.152. The Morgan fingerprint density at radius 2 is 1.77 bits per heavy atom. The topological polar surface area (TPSA) is 46.6 Å². The predicted molar refractivity (Wildman–Crippen MR) is 84.5 cm³/mol. The molecule has 0 N–H and O–H groups in total. The Morgan fingerprint density at radius 3 is 2.55 bits per heavy atom. The summed E-state index contributed by atoms with van der Waals surface area (Å²) in [4.78, 5) is 25.4. The number of fused-ring (bicyclic) bond motifs is 1. The number of ether oxygens (including phenoxy) is 1. The van der Waals surface area contributed by atoms with Gasteiger partial charge in [0.2, 0.25) is 0 Å². The molecule has 4 nitrogen and oxygen atoms in total. The normalized spacial score (nSPS) is 13.5. The highest BCUT2D eigenvalue weighted by molar-refractivity contribution is 6.52. The summed E-state index contributed by atoms with van der Waals surface area (Å²) in [6.45, 7) is 4.77. The molecule has 0 radical (unpaired) electrons. The van der Waals surface area contributed by atoms with Crippen molar-refractivity contribution in [2.24, 2.45) is 0 Å². The molecule has 0 aromatic heterocycles. The van der Waals surface area contributed by atoms with E-state index in [0.717, 1.165) is 11.3 Å². The number of anilines is 1. The number of carbonyl (C=O) groups excluding carboxylic acids is 2. The molecular weight excluding hydrogens is 278 g/mol. The minimum Gasteiger partial charge on any atom is -0.492 e. The SMILES string of the molecule is Cc1ccc(OCCN2C(=O)C(=O)c3ccccc32)cc1C. The number of nitrogens with zero attached hydrogens (tertiary/aromatic N) is 1. The molecule has 2 aromatic carbocycles. The van der Waals surface area contributed by atoms with Gasteiger partial charge in [0.1, 0.15) is 12.4 Å². The molecular formula is C18H17NO3. The minimum absolute atomic E-state index is 0.343. The van der Waals surface area contributed by atoms with Crippen LogP contribution in [0.1, 0.15) is 21.5 Å². The molecule has 0 atom stereocenters. The molecule has 0 saturated heterocycles. The summed E-state index contributed by atoms with van der Waals surface area (Å²) >= 11 is 0. The van der Waals surface area contributed by atoms with Crippen LogP contribution in [0.15, 0.2) is 42.5 Å². The quantitative estimate of drug-likeness (QED) is 0.815. The summed E-state index contributed by atoms with van der Waals surface area (Å²) in [6, 6.07) is 12.9. The smallest absolute Gasteiger partial charge is 0.299 e. The Balaban J connectivity index is 1.68. The van der Waals surface area contributed by atoms with E-state index in [1.54, 1.807) is 18.2 Å². The van der Waals surface area contributed by atoms with E-state index in [2.05, 4.69) is 0 Å². The van der Waals surface area contributed by atoms with E-state index in [1.807, 2.05) is 38.1 Å². The number of hydrogen-bond acceptors (Lipinski definition) is 3. The standard InChI is InChI=1S/C18H17NO3/c1-12-7-8-14(11-13(12)2)22-10-9-19-16-6-4-3-5-15(16)17(20)18(19)21/h3-8,11H,9-10H2,1-2H3. The summed E-state index contributed by atoms with van der Waals surface area (Å²) in [5, 5.41) is 0. The fourth-order valence-corrected chi connectivity index (χ4v) is 2.53. The van der Waals surface area contributed by atoms with Gasteiger partial charge in [0.15, 0.2) is 0 Å². The first kappa shape index (κ1) is 14.3. The molecule has 1 aliphatic heterocycles.